The molecule has 1 aliphatic rings. The number of piperazine rings is 1. The van der Waals surface area contributed by atoms with Crippen LogP contribution in [0.1, 0.15) is 26.5 Å². The fraction of sp³-hybridized carbons (Fsp3) is 0.400. The zero-order chi connectivity index (χ0) is 21.1. The van der Waals surface area contributed by atoms with Gasteiger partial charge in [0.15, 0.2) is 11.5 Å². The molecule has 0 aliphatic carbocycles. The second-order valence-corrected chi connectivity index (χ2v) is 7.30. The third-order valence-electron chi connectivity index (χ3n) is 4.84. The van der Waals surface area contributed by atoms with Crippen LogP contribution in [-0.4, -0.2) is 57.9 Å². The van der Waals surface area contributed by atoms with E-state index in [2.05, 4.69) is 51.1 Å². The lowest BCUT2D eigenvalue weighted by Gasteiger charge is -2.38. The smallest absolute Gasteiger partial charge is 0.275 e. The number of fused-ring (bicyclic) bond motifs is 1. The third kappa shape index (κ3) is 4.68. The zero-order valence-electron chi connectivity index (χ0n) is 17.1. The quantitative estimate of drug-likeness (QED) is 0.470. The number of nitrogens with zero attached hydrogens (tertiary/aromatic N) is 5. The summed E-state index contributed by atoms with van der Waals surface area (Å²) >= 11 is 0. The maximum atomic E-state index is 14.2. The van der Waals surface area contributed by atoms with Gasteiger partial charge in [0.1, 0.15) is 11.5 Å². The van der Waals surface area contributed by atoms with Gasteiger partial charge in [0.05, 0.1) is 17.6 Å². The molecule has 154 valence electrons. The van der Waals surface area contributed by atoms with Crippen LogP contribution in [0.25, 0.3) is 5.65 Å². The van der Waals surface area contributed by atoms with Crippen LogP contribution >= 0.6 is 0 Å². The number of carbonyl (C=O) groups excluding carboxylic acids is 1. The van der Waals surface area contributed by atoms with Gasteiger partial charge in [0.25, 0.3) is 5.91 Å². The summed E-state index contributed by atoms with van der Waals surface area (Å²) in [6, 6.07) is 1.88. The van der Waals surface area contributed by atoms with Crippen LogP contribution < -0.4 is 10.6 Å². The fourth-order valence-electron chi connectivity index (χ4n) is 3.32. The summed E-state index contributed by atoms with van der Waals surface area (Å²) in [4.78, 5) is 27.0. The fourth-order valence-corrected chi connectivity index (χ4v) is 3.32. The van der Waals surface area contributed by atoms with Crippen molar-refractivity contribution >= 4 is 29.8 Å². The van der Waals surface area contributed by atoms with E-state index in [0.717, 1.165) is 18.9 Å². The van der Waals surface area contributed by atoms with E-state index < -0.39 is 11.7 Å². The summed E-state index contributed by atoms with van der Waals surface area (Å²) in [6.07, 6.45) is 4.66. The number of aryl methyl sites for hydroxylation is 1. The van der Waals surface area contributed by atoms with Crippen molar-refractivity contribution in [3.05, 3.63) is 41.9 Å². The Hall–Kier alpha value is -3.07. The van der Waals surface area contributed by atoms with Gasteiger partial charge >= 0.3 is 0 Å². The molecule has 29 heavy (non-hydrogen) atoms. The molecule has 1 amide bonds. The number of aliphatic imine (C=N–C) groups is 2. The van der Waals surface area contributed by atoms with Crippen LogP contribution in [0.5, 0.6) is 0 Å². The summed E-state index contributed by atoms with van der Waals surface area (Å²) in [7, 11) is 0. The molecule has 9 heteroatoms. The number of halogens is 1. The highest BCUT2D eigenvalue weighted by molar-refractivity contribution is 6.04. The van der Waals surface area contributed by atoms with E-state index in [1.54, 1.807) is 19.3 Å². The average Bonchev–Trinajstić information content (AvgIpc) is 3.04. The molecule has 3 rings (SSSR count). The van der Waals surface area contributed by atoms with Crippen molar-refractivity contribution in [3.63, 3.8) is 0 Å². The van der Waals surface area contributed by atoms with Crippen molar-refractivity contribution in [2.75, 3.05) is 18.4 Å². The van der Waals surface area contributed by atoms with E-state index >= 15 is 0 Å². The van der Waals surface area contributed by atoms with Crippen LogP contribution in [0.2, 0.25) is 0 Å². The monoisotopic (exact) mass is 399 g/mol. The van der Waals surface area contributed by atoms with E-state index in [1.807, 2.05) is 6.92 Å². The maximum Gasteiger partial charge on any atom is 0.275 e. The Balaban J connectivity index is 1.77. The standard InChI is InChI=1S/C20H26FN7O/c1-12-10-28(14(3)7-23-12)15(4)24-8-18(22-5)20(29)26-16-6-17(21)19-25-13(2)9-27(19)11-16/h6,8-9,11-12,14,23H,5,7,10H2,1-4H3,(H,26,29)/b18-8-,24-15+/t12-,14+/m0/s1. The number of carbonyl (C=O) groups is 1. The molecule has 3 heterocycles. The van der Waals surface area contributed by atoms with Crippen LogP contribution in [0.3, 0.4) is 0 Å². The second-order valence-electron chi connectivity index (χ2n) is 7.30. The van der Waals surface area contributed by atoms with Gasteiger partial charge < -0.3 is 19.9 Å². The lowest BCUT2D eigenvalue weighted by molar-refractivity contribution is -0.112. The molecular weight excluding hydrogens is 373 g/mol. The molecule has 2 atom stereocenters. The summed E-state index contributed by atoms with van der Waals surface area (Å²) in [5, 5.41) is 6.05. The van der Waals surface area contributed by atoms with Gasteiger partial charge in [-0.1, -0.05) is 0 Å². The SMILES string of the molecule is C=N/C(=C\N=C(/C)N1C[C@H](C)NC[C@H]1C)C(=O)Nc1cc(F)c2nc(C)cn2c1. The summed E-state index contributed by atoms with van der Waals surface area (Å²) < 4.78 is 15.7. The molecule has 0 saturated carbocycles. The van der Waals surface area contributed by atoms with Crippen molar-refractivity contribution in [1.29, 1.82) is 0 Å². The van der Waals surface area contributed by atoms with E-state index in [-0.39, 0.29) is 17.0 Å². The molecule has 2 N–H and O–H groups in total. The highest BCUT2D eigenvalue weighted by Gasteiger charge is 2.23. The van der Waals surface area contributed by atoms with E-state index in [9.17, 15) is 9.18 Å². The van der Waals surface area contributed by atoms with E-state index in [1.165, 1.54) is 16.7 Å². The summed E-state index contributed by atoms with van der Waals surface area (Å²) in [6.45, 7) is 13.0. The first-order valence-electron chi connectivity index (χ1n) is 9.46. The first-order chi connectivity index (χ1) is 13.8. The number of amides is 1. The number of hydrogen-bond donors (Lipinski definition) is 2. The Bertz CT molecular complexity index is 994. The van der Waals surface area contributed by atoms with Crippen molar-refractivity contribution in [2.24, 2.45) is 9.98 Å². The molecule has 0 spiro atoms. The number of pyridine rings is 1. The minimum Gasteiger partial charge on any atom is -0.355 e. The molecule has 2 aromatic heterocycles. The highest BCUT2D eigenvalue weighted by atomic mass is 19.1. The van der Waals surface area contributed by atoms with Gasteiger partial charge in [0.2, 0.25) is 0 Å². The van der Waals surface area contributed by atoms with E-state index in [0.29, 0.717) is 17.8 Å². The molecule has 0 aromatic carbocycles. The normalized spacial score (nSPS) is 20.8. The Kier molecular flexibility index (Phi) is 6.07. The molecular formula is C20H26FN7O. The van der Waals surface area contributed by atoms with Gasteiger partial charge in [-0.15, -0.1) is 0 Å². The molecule has 8 nitrogen and oxygen atoms in total. The number of hydrogen-bond acceptors (Lipinski definition) is 5. The van der Waals surface area contributed by atoms with E-state index in [4.69, 9.17) is 0 Å². The number of imidazole rings is 1. The van der Waals surface area contributed by atoms with Gasteiger partial charge in [0, 0.05) is 43.6 Å². The maximum absolute atomic E-state index is 14.2. The average molecular weight is 399 g/mol. The molecule has 0 unspecified atom stereocenters. The Morgan fingerprint density at radius 1 is 1.45 bits per heavy atom. The molecule has 1 aliphatic heterocycles. The Morgan fingerprint density at radius 2 is 2.21 bits per heavy atom. The van der Waals surface area contributed by atoms with Gasteiger partial charge in [-0.25, -0.2) is 14.4 Å². The molecule has 0 radical (unpaired) electrons. The van der Waals surface area contributed by atoms with Crippen LogP contribution in [0.4, 0.5) is 10.1 Å². The molecule has 2 aromatic rings. The predicted molar refractivity (Wildman–Crippen MR) is 113 cm³/mol. The van der Waals surface area contributed by atoms with Crippen LogP contribution in [-0.2, 0) is 4.79 Å². The highest BCUT2D eigenvalue weighted by Crippen LogP contribution is 2.17. The number of nitrogens with one attached hydrogen (secondary N) is 2. The number of rotatable bonds is 4. The van der Waals surface area contributed by atoms with Crippen molar-refractivity contribution in [2.45, 2.75) is 39.8 Å². The largest absolute Gasteiger partial charge is 0.355 e. The van der Waals surface area contributed by atoms with Crippen molar-refractivity contribution in [3.8, 4) is 0 Å². The van der Waals surface area contributed by atoms with Crippen molar-refractivity contribution < 1.29 is 9.18 Å². The van der Waals surface area contributed by atoms with Gasteiger partial charge in [-0.2, -0.15) is 0 Å². The Morgan fingerprint density at radius 3 is 2.93 bits per heavy atom. The third-order valence-corrected chi connectivity index (χ3v) is 4.84. The second kappa shape index (κ2) is 8.52. The minimum absolute atomic E-state index is 0.0440. The molecule has 1 fully saturated rings. The minimum atomic E-state index is -0.524. The number of aromatic nitrogens is 2. The first-order valence-corrected chi connectivity index (χ1v) is 9.46. The summed E-state index contributed by atoms with van der Waals surface area (Å²) in [5.74, 6) is -0.251. The van der Waals surface area contributed by atoms with Crippen LogP contribution in [0.15, 0.2) is 40.3 Å². The molecule has 1 saturated heterocycles. The summed E-state index contributed by atoms with van der Waals surface area (Å²) in [5.41, 5.74) is 1.22. The zero-order valence-corrected chi connectivity index (χ0v) is 17.1. The molecule has 0 bridgehead atoms. The predicted octanol–water partition coefficient (Wildman–Crippen LogP) is 2.36. The van der Waals surface area contributed by atoms with Crippen molar-refractivity contribution in [1.82, 2.24) is 19.6 Å². The van der Waals surface area contributed by atoms with Gasteiger partial charge in [-0.05, 0) is 34.4 Å². The first kappa shape index (κ1) is 20.7. The Labute approximate surface area is 169 Å². The van der Waals surface area contributed by atoms with Crippen LogP contribution in [0, 0.1) is 12.7 Å². The van der Waals surface area contributed by atoms with Gasteiger partial charge in [-0.3, -0.25) is 9.79 Å². The number of anilines is 1. The number of amidine groups is 1. The lowest BCUT2D eigenvalue weighted by atomic mass is 10.1. The topological polar surface area (TPSA) is 86.4 Å². The lowest BCUT2D eigenvalue weighted by Crippen LogP contribution is -2.55.